The fourth-order valence-corrected chi connectivity index (χ4v) is 2.74. The van der Waals surface area contributed by atoms with E-state index in [1.807, 2.05) is 6.07 Å². The minimum atomic E-state index is -0.585. The lowest BCUT2D eigenvalue weighted by molar-refractivity contribution is 0.101. The lowest BCUT2D eigenvalue weighted by Crippen LogP contribution is -2.01. The molecule has 0 fully saturated rings. The van der Waals surface area contributed by atoms with Crippen LogP contribution in [0.2, 0.25) is 0 Å². The maximum atomic E-state index is 13.6. The van der Waals surface area contributed by atoms with E-state index in [-0.39, 0.29) is 17.1 Å². The van der Waals surface area contributed by atoms with Gasteiger partial charge in [-0.05, 0) is 53.2 Å². The monoisotopic (exact) mass is 386 g/mol. The van der Waals surface area contributed by atoms with Crippen molar-refractivity contribution in [3.63, 3.8) is 0 Å². The van der Waals surface area contributed by atoms with Crippen molar-refractivity contribution in [1.29, 1.82) is 0 Å². The predicted molar refractivity (Wildman–Crippen MR) is 78.3 cm³/mol. The van der Waals surface area contributed by atoms with Crippen LogP contribution in [0, 0.1) is 5.82 Å². The highest BCUT2D eigenvalue weighted by atomic mass is 79.9. The summed E-state index contributed by atoms with van der Waals surface area (Å²) in [7, 11) is 0. The lowest BCUT2D eigenvalue weighted by atomic mass is 10.1. The zero-order valence-electron chi connectivity index (χ0n) is 9.91. The van der Waals surface area contributed by atoms with Crippen molar-refractivity contribution < 1.29 is 13.9 Å². The molecule has 0 aliphatic heterocycles. The van der Waals surface area contributed by atoms with Gasteiger partial charge in [0.25, 0.3) is 0 Å². The van der Waals surface area contributed by atoms with Crippen molar-refractivity contribution in [2.45, 2.75) is 6.92 Å². The van der Waals surface area contributed by atoms with Gasteiger partial charge in [-0.3, -0.25) is 4.79 Å². The quantitative estimate of drug-likeness (QED) is 0.664. The van der Waals surface area contributed by atoms with E-state index in [0.29, 0.717) is 10.2 Å². The molecule has 0 amide bonds. The first-order valence-corrected chi connectivity index (χ1v) is 7.00. The van der Waals surface area contributed by atoms with Crippen molar-refractivity contribution >= 4 is 37.6 Å². The molecule has 0 saturated carbocycles. The standard InChI is InChI=1S/C14H9Br2FO2/c1-8(18)14-11(17)3-2-4-13(14)19-12-6-5-9(15)7-10(12)16/h2-7H,1H3. The third-order valence-electron chi connectivity index (χ3n) is 2.44. The Hall–Kier alpha value is -1.20. The Labute approximate surface area is 126 Å². The van der Waals surface area contributed by atoms with Gasteiger partial charge in [-0.2, -0.15) is 0 Å². The molecular formula is C14H9Br2FO2. The van der Waals surface area contributed by atoms with Crippen LogP contribution >= 0.6 is 31.9 Å². The maximum Gasteiger partial charge on any atom is 0.166 e. The summed E-state index contributed by atoms with van der Waals surface area (Å²) < 4.78 is 20.9. The third-order valence-corrected chi connectivity index (χ3v) is 3.55. The normalized spacial score (nSPS) is 10.3. The number of halogens is 3. The summed E-state index contributed by atoms with van der Waals surface area (Å²) in [6.45, 7) is 1.31. The smallest absolute Gasteiger partial charge is 0.166 e. The Morgan fingerprint density at radius 1 is 1.16 bits per heavy atom. The molecular weight excluding hydrogens is 379 g/mol. The molecule has 0 spiro atoms. The van der Waals surface area contributed by atoms with Crippen LogP contribution in [-0.4, -0.2) is 5.78 Å². The average Bonchev–Trinajstić information content (AvgIpc) is 2.32. The molecule has 0 radical (unpaired) electrons. The molecule has 19 heavy (non-hydrogen) atoms. The molecule has 0 saturated heterocycles. The van der Waals surface area contributed by atoms with Crippen molar-refractivity contribution in [3.05, 3.63) is 56.7 Å². The number of Topliss-reactive ketones (excluding diaryl/α,β-unsaturated/α-hetero) is 1. The Morgan fingerprint density at radius 3 is 2.53 bits per heavy atom. The summed E-state index contributed by atoms with van der Waals surface area (Å²) in [6.07, 6.45) is 0. The van der Waals surface area contributed by atoms with Crippen LogP contribution in [0.4, 0.5) is 4.39 Å². The van der Waals surface area contributed by atoms with Gasteiger partial charge in [0.05, 0.1) is 10.0 Å². The highest BCUT2D eigenvalue weighted by Crippen LogP contribution is 2.34. The highest BCUT2D eigenvalue weighted by Gasteiger charge is 2.15. The van der Waals surface area contributed by atoms with Crippen LogP contribution < -0.4 is 4.74 Å². The maximum absolute atomic E-state index is 13.6. The summed E-state index contributed by atoms with van der Waals surface area (Å²) in [5, 5.41) is 0. The summed E-state index contributed by atoms with van der Waals surface area (Å²) in [6, 6.07) is 9.64. The fraction of sp³-hybridized carbons (Fsp3) is 0.0714. The van der Waals surface area contributed by atoms with Crippen molar-refractivity contribution in [2.24, 2.45) is 0 Å². The average molecular weight is 388 g/mol. The van der Waals surface area contributed by atoms with Gasteiger partial charge in [0.1, 0.15) is 17.3 Å². The molecule has 2 rings (SSSR count). The molecule has 2 aromatic carbocycles. The van der Waals surface area contributed by atoms with Gasteiger partial charge >= 0.3 is 0 Å². The van der Waals surface area contributed by atoms with Gasteiger partial charge in [-0.25, -0.2) is 4.39 Å². The van der Waals surface area contributed by atoms with Gasteiger partial charge in [0.15, 0.2) is 5.78 Å². The summed E-state index contributed by atoms with van der Waals surface area (Å²) >= 11 is 6.68. The first kappa shape index (κ1) is 14.2. The van der Waals surface area contributed by atoms with Crippen LogP contribution in [0.1, 0.15) is 17.3 Å². The number of carbonyl (C=O) groups excluding carboxylic acids is 1. The molecule has 2 aromatic rings. The molecule has 0 unspecified atom stereocenters. The predicted octanol–water partition coefficient (Wildman–Crippen LogP) is 5.35. The van der Waals surface area contributed by atoms with E-state index in [1.54, 1.807) is 18.2 Å². The third kappa shape index (κ3) is 3.22. The number of hydrogen-bond acceptors (Lipinski definition) is 2. The van der Waals surface area contributed by atoms with Gasteiger partial charge in [0.2, 0.25) is 0 Å². The Kier molecular flexibility index (Phi) is 4.37. The van der Waals surface area contributed by atoms with Crippen molar-refractivity contribution in [1.82, 2.24) is 0 Å². The molecule has 5 heteroatoms. The number of ether oxygens (including phenoxy) is 1. The summed E-state index contributed by atoms with van der Waals surface area (Å²) in [4.78, 5) is 11.5. The molecule has 0 aromatic heterocycles. The second-order valence-corrected chi connectivity index (χ2v) is 5.62. The van der Waals surface area contributed by atoms with Crippen LogP contribution in [0.5, 0.6) is 11.5 Å². The molecule has 0 aliphatic rings. The minimum Gasteiger partial charge on any atom is -0.455 e. The van der Waals surface area contributed by atoms with Gasteiger partial charge in [0, 0.05) is 4.47 Å². The number of hydrogen-bond donors (Lipinski definition) is 0. The summed E-state index contributed by atoms with van der Waals surface area (Å²) in [5.41, 5.74) is -0.0441. The largest absolute Gasteiger partial charge is 0.455 e. The second-order valence-electron chi connectivity index (χ2n) is 3.85. The van der Waals surface area contributed by atoms with Crippen LogP contribution in [-0.2, 0) is 0 Å². The molecule has 98 valence electrons. The highest BCUT2D eigenvalue weighted by molar-refractivity contribution is 9.11. The number of ketones is 1. The summed E-state index contributed by atoms with van der Waals surface area (Å²) in [5.74, 6) is -0.244. The molecule has 0 N–H and O–H groups in total. The lowest BCUT2D eigenvalue weighted by Gasteiger charge is -2.11. The van der Waals surface area contributed by atoms with Crippen LogP contribution in [0.25, 0.3) is 0 Å². The van der Waals surface area contributed by atoms with E-state index < -0.39 is 5.82 Å². The van der Waals surface area contributed by atoms with Crippen molar-refractivity contribution in [2.75, 3.05) is 0 Å². The molecule has 0 bridgehead atoms. The second kappa shape index (κ2) is 5.84. The van der Waals surface area contributed by atoms with E-state index in [2.05, 4.69) is 31.9 Å². The number of benzene rings is 2. The van der Waals surface area contributed by atoms with Gasteiger partial charge in [-0.15, -0.1) is 0 Å². The van der Waals surface area contributed by atoms with E-state index in [0.717, 1.165) is 4.47 Å². The van der Waals surface area contributed by atoms with E-state index in [4.69, 9.17) is 4.74 Å². The molecule has 0 heterocycles. The Bertz CT molecular complexity index is 641. The van der Waals surface area contributed by atoms with Gasteiger partial charge < -0.3 is 4.74 Å². The number of carbonyl (C=O) groups is 1. The zero-order valence-corrected chi connectivity index (χ0v) is 13.1. The van der Waals surface area contributed by atoms with Crippen LogP contribution in [0.3, 0.4) is 0 Å². The molecule has 0 atom stereocenters. The SMILES string of the molecule is CC(=O)c1c(F)cccc1Oc1ccc(Br)cc1Br. The van der Waals surface area contributed by atoms with Crippen LogP contribution in [0.15, 0.2) is 45.3 Å². The zero-order chi connectivity index (χ0) is 14.0. The van der Waals surface area contributed by atoms with E-state index in [9.17, 15) is 9.18 Å². The van der Waals surface area contributed by atoms with E-state index >= 15 is 0 Å². The Morgan fingerprint density at radius 2 is 1.89 bits per heavy atom. The first-order chi connectivity index (χ1) is 8.99. The van der Waals surface area contributed by atoms with Gasteiger partial charge in [-0.1, -0.05) is 22.0 Å². The first-order valence-electron chi connectivity index (χ1n) is 5.41. The minimum absolute atomic E-state index is 0.0441. The fourth-order valence-electron chi connectivity index (χ4n) is 1.61. The topological polar surface area (TPSA) is 26.3 Å². The van der Waals surface area contributed by atoms with E-state index in [1.165, 1.54) is 19.1 Å². The molecule has 2 nitrogen and oxygen atoms in total. The van der Waals surface area contributed by atoms with Crippen molar-refractivity contribution in [3.8, 4) is 11.5 Å². The number of rotatable bonds is 3. The Balaban J connectivity index is 2.44. The molecule has 0 aliphatic carbocycles.